The topological polar surface area (TPSA) is 12.0 Å². The number of halogens is 1. The van der Waals surface area contributed by atoms with Crippen molar-refractivity contribution in [2.24, 2.45) is 0 Å². The molecular weight excluding hydrogens is 269 g/mol. The zero-order chi connectivity index (χ0) is 14.4. The fraction of sp³-hybridized carbons (Fsp3) is 0.647. The molecule has 0 aromatic heterocycles. The van der Waals surface area contributed by atoms with Crippen LogP contribution in [0.5, 0.6) is 0 Å². The summed E-state index contributed by atoms with van der Waals surface area (Å²) in [6, 6.07) is 8.03. The maximum atomic E-state index is 13.1. The van der Waals surface area contributed by atoms with E-state index >= 15 is 0 Å². The molecular formula is C17H26FNS. The summed E-state index contributed by atoms with van der Waals surface area (Å²) < 4.78 is 13.1. The number of nitrogens with one attached hydrogen (secondary N) is 1. The predicted octanol–water partition coefficient (Wildman–Crippen LogP) is 4.93. The molecule has 0 radical (unpaired) electrons. The minimum Gasteiger partial charge on any atom is -0.307 e. The highest BCUT2D eigenvalue weighted by Gasteiger charge is 2.26. The first-order chi connectivity index (χ1) is 9.72. The van der Waals surface area contributed by atoms with E-state index < -0.39 is 0 Å². The van der Waals surface area contributed by atoms with Crippen molar-refractivity contribution in [1.29, 1.82) is 0 Å². The Morgan fingerprint density at radius 1 is 1.30 bits per heavy atom. The van der Waals surface area contributed by atoms with Gasteiger partial charge in [0.25, 0.3) is 0 Å². The molecule has 0 heterocycles. The monoisotopic (exact) mass is 295 g/mol. The Hall–Kier alpha value is -0.540. The van der Waals surface area contributed by atoms with Gasteiger partial charge in [0, 0.05) is 17.3 Å². The van der Waals surface area contributed by atoms with Crippen LogP contribution in [0.3, 0.4) is 0 Å². The maximum absolute atomic E-state index is 13.1. The molecule has 3 unspecified atom stereocenters. The van der Waals surface area contributed by atoms with Gasteiger partial charge < -0.3 is 5.32 Å². The van der Waals surface area contributed by atoms with Crippen LogP contribution >= 0.6 is 11.8 Å². The first-order valence-electron chi connectivity index (χ1n) is 7.77. The molecule has 0 aliphatic heterocycles. The van der Waals surface area contributed by atoms with Gasteiger partial charge in [-0.3, -0.25) is 0 Å². The van der Waals surface area contributed by atoms with Crippen LogP contribution in [0.15, 0.2) is 24.3 Å². The number of rotatable bonds is 7. The van der Waals surface area contributed by atoms with E-state index in [0.29, 0.717) is 12.1 Å². The van der Waals surface area contributed by atoms with Crippen LogP contribution in [-0.4, -0.2) is 17.5 Å². The second kappa shape index (κ2) is 8.04. The van der Waals surface area contributed by atoms with E-state index in [2.05, 4.69) is 18.5 Å². The number of hydrogen-bond acceptors (Lipinski definition) is 2. The standard InChI is InChI=1S/C17H26FNS/c1-3-4-5-17(13-6-8-14(18)9-7-13)19-15-10-11-16(12-15)20-2/h6-9,15-17,19H,3-5,10-12H2,1-2H3. The van der Waals surface area contributed by atoms with Gasteiger partial charge in [-0.1, -0.05) is 31.9 Å². The van der Waals surface area contributed by atoms with E-state index in [0.717, 1.165) is 11.7 Å². The Labute approximate surface area is 126 Å². The fourth-order valence-electron chi connectivity index (χ4n) is 3.04. The van der Waals surface area contributed by atoms with Crippen LogP contribution in [0.25, 0.3) is 0 Å². The van der Waals surface area contributed by atoms with Crippen molar-refractivity contribution in [2.75, 3.05) is 6.26 Å². The lowest BCUT2D eigenvalue weighted by molar-refractivity contribution is 0.411. The second-order valence-corrected chi connectivity index (χ2v) is 6.92. The van der Waals surface area contributed by atoms with Gasteiger partial charge in [0.05, 0.1) is 0 Å². The van der Waals surface area contributed by atoms with Gasteiger partial charge >= 0.3 is 0 Å². The van der Waals surface area contributed by atoms with E-state index in [9.17, 15) is 4.39 Å². The lowest BCUT2D eigenvalue weighted by atomic mass is 9.99. The molecule has 1 aliphatic rings. The van der Waals surface area contributed by atoms with Crippen molar-refractivity contribution in [1.82, 2.24) is 5.32 Å². The molecule has 0 amide bonds. The summed E-state index contributed by atoms with van der Waals surface area (Å²) in [5.41, 5.74) is 1.23. The average molecular weight is 295 g/mol. The summed E-state index contributed by atoms with van der Waals surface area (Å²) in [6.45, 7) is 2.22. The Bertz CT molecular complexity index is 392. The smallest absolute Gasteiger partial charge is 0.123 e. The fourth-order valence-corrected chi connectivity index (χ4v) is 3.84. The van der Waals surface area contributed by atoms with Crippen LogP contribution in [0, 0.1) is 5.82 Å². The summed E-state index contributed by atoms with van der Waals surface area (Å²) in [4.78, 5) is 0. The van der Waals surface area contributed by atoms with E-state index in [1.54, 1.807) is 12.1 Å². The van der Waals surface area contributed by atoms with Crippen LogP contribution in [0.1, 0.15) is 57.1 Å². The molecule has 1 aromatic carbocycles. The molecule has 1 nitrogen and oxygen atoms in total. The van der Waals surface area contributed by atoms with Crippen LogP contribution in [0.4, 0.5) is 4.39 Å². The quantitative estimate of drug-likeness (QED) is 0.765. The van der Waals surface area contributed by atoms with E-state index in [-0.39, 0.29) is 5.82 Å². The van der Waals surface area contributed by atoms with Gasteiger partial charge in [-0.2, -0.15) is 11.8 Å². The molecule has 20 heavy (non-hydrogen) atoms. The van der Waals surface area contributed by atoms with E-state index in [1.807, 2.05) is 23.9 Å². The van der Waals surface area contributed by atoms with E-state index in [4.69, 9.17) is 0 Å². The summed E-state index contributed by atoms with van der Waals surface area (Å²) >= 11 is 1.99. The molecule has 3 heteroatoms. The number of benzene rings is 1. The first kappa shape index (κ1) is 15.8. The number of hydrogen-bond donors (Lipinski definition) is 1. The van der Waals surface area contributed by atoms with Crippen LogP contribution in [-0.2, 0) is 0 Å². The lowest BCUT2D eigenvalue weighted by Gasteiger charge is -2.23. The Morgan fingerprint density at radius 2 is 2.05 bits per heavy atom. The lowest BCUT2D eigenvalue weighted by Crippen LogP contribution is -2.31. The van der Waals surface area contributed by atoms with Gasteiger partial charge in [-0.05, 0) is 49.6 Å². The average Bonchev–Trinajstić information content (AvgIpc) is 2.92. The summed E-state index contributed by atoms with van der Waals surface area (Å²) in [7, 11) is 0. The molecule has 112 valence electrons. The van der Waals surface area contributed by atoms with Gasteiger partial charge in [0.15, 0.2) is 0 Å². The minimum atomic E-state index is -0.147. The molecule has 1 saturated carbocycles. The molecule has 0 spiro atoms. The SMILES string of the molecule is CCCCC(NC1CCC(SC)C1)c1ccc(F)cc1. The van der Waals surface area contributed by atoms with Crippen molar-refractivity contribution in [3.05, 3.63) is 35.6 Å². The Morgan fingerprint density at radius 3 is 2.65 bits per heavy atom. The van der Waals surface area contributed by atoms with Crippen molar-refractivity contribution < 1.29 is 4.39 Å². The van der Waals surface area contributed by atoms with Crippen molar-refractivity contribution in [3.8, 4) is 0 Å². The molecule has 2 rings (SSSR count). The highest BCUT2D eigenvalue weighted by Crippen LogP contribution is 2.31. The summed E-state index contributed by atoms with van der Waals surface area (Å²) in [6.07, 6.45) is 9.64. The summed E-state index contributed by atoms with van der Waals surface area (Å²) in [5, 5.41) is 4.63. The molecule has 0 saturated heterocycles. The third kappa shape index (κ3) is 4.49. The highest BCUT2D eigenvalue weighted by atomic mass is 32.2. The molecule has 1 aromatic rings. The molecule has 1 aliphatic carbocycles. The number of unbranched alkanes of at least 4 members (excludes halogenated alkanes) is 1. The van der Waals surface area contributed by atoms with Gasteiger partial charge in [-0.15, -0.1) is 0 Å². The first-order valence-corrected chi connectivity index (χ1v) is 9.06. The Balaban J connectivity index is 1.98. The third-order valence-corrected chi connectivity index (χ3v) is 5.37. The van der Waals surface area contributed by atoms with Gasteiger partial charge in [0.2, 0.25) is 0 Å². The normalized spacial score (nSPS) is 23.9. The molecule has 0 bridgehead atoms. The maximum Gasteiger partial charge on any atom is 0.123 e. The van der Waals surface area contributed by atoms with E-state index in [1.165, 1.54) is 37.7 Å². The van der Waals surface area contributed by atoms with Crippen molar-refractivity contribution >= 4 is 11.8 Å². The van der Waals surface area contributed by atoms with Crippen LogP contribution in [0.2, 0.25) is 0 Å². The highest BCUT2D eigenvalue weighted by molar-refractivity contribution is 7.99. The number of thioether (sulfide) groups is 1. The predicted molar refractivity (Wildman–Crippen MR) is 86.7 cm³/mol. The summed E-state index contributed by atoms with van der Waals surface area (Å²) in [5.74, 6) is -0.147. The van der Waals surface area contributed by atoms with Crippen LogP contribution < -0.4 is 5.32 Å². The second-order valence-electron chi connectivity index (χ2n) is 5.78. The molecule has 1 N–H and O–H groups in total. The van der Waals surface area contributed by atoms with Gasteiger partial charge in [0.1, 0.15) is 5.82 Å². The van der Waals surface area contributed by atoms with Gasteiger partial charge in [-0.25, -0.2) is 4.39 Å². The van der Waals surface area contributed by atoms with Crippen molar-refractivity contribution in [3.63, 3.8) is 0 Å². The largest absolute Gasteiger partial charge is 0.307 e. The third-order valence-electron chi connectivity index (χ3n) is 4.27. The Kier molecular flexibility index (Phi) is 6.37. The van der Waals surface area contributed by atoms with Crippen molar-refractivity contribution in [2.45, 2.75) is 62.8 Å². The molecule has 3 atom stereocenters. The zero-order valence-electron chi connectivity index (χ0n) is 12.6. The molecule has 1 fully saturated rings. The minimum absolute atomic E-state index is 0.147. The zero-order valence-corrected chi connectivity index (χ0v) is 13.4.